The zero-order chi connectivity index (χ0) is 24.2. The minimum atomic E-state index is 0.308. The summed E-state index contributed by atoms with van der Waals surface area (Å²) in [5.74, 6) is 1.67. The topological polar surface area (TPSA) is 88.6 Å². The molecule has 0 bridgehead atoms. The Morgan fingerprint density at radius 2 is 1.91 bits per heavy atom. The van der Waals surface area contributed by atoms with Gasteiger partial charge >= 0.3 is 0 Å². The summed E-state index contributed by atoms with van der Waals surface area (Å²) in [5, 5.41) is 12.5. The third kappa shape index (κ3) is 5.13. The number of hydrogen-bond acceptors (Lipinski definition) is 8. The van der Waals surface area contributed by atoms with Crippen molar-refractivity contribution in [3.63, 3.8) is 0 Å². The van der Waals surface area contributed by atoms with Gasteiger partial charge in [0.2, 0.25) is 11.9 Å². The highest BCUT2D eigenvalue weighted by Gasteiger charge is 2.18. The zero-order valence-electron chi connectivity index (χ0n) is 20.6. The number of fused-ring (bicyclic) bond motifs is 1. The van der Waals surface area contributed by atoms with Gasteiger partial charge < -0.3 is 15.0 Å². The number of likely N-dealkylation sites (N-methyl/N-ethyl adjacent to an activating group) is 1. The Morgan fingerprint density at radius 3 is 2.69 bits per heavy atom. The van der Waals surface area contributed by atoms with Gasteiger partial charge in [-0.05, 0) is 23.6 Å². The third-order valence-corrected chi connectivity index (χ3v) is 6.38. The van der Waals surface area contributed by atoms with Crippen molar-refractivity contribution in [2.45, 2.75) is 26.3 Å². The minimum absolute atomic E-state index is 0.308. The second kappa shape index (κ2) is 10.4. The van der Waals surface area contributed by atoms with E-state index in [4.69, 9.17) is 14.7 Å². The van der Waals surface area contributed by atoms with Crippen LogP contribution in [0.25, 0.3) is 11.3 Å². The second-order valence-corrected chi connectivity index (χ2v) is 9.15. The summed E-state index contributed by atoms with van der Waals surface area (Å²) >= 11 is 0. The van der Waals surface area contributed by atoms with Gasteiger partial charge in [-0.25, -0.2) is 4.68 Å². The van der Waals surface area contributed by atoms with Crippen molar-refractivity contribution >= 4 is 17.5 Å². The van der Waals surface area contributed by atoms with Crippen molar-refractivity contribution in [1.29, 1.82) is 0 Å². The summed E-state index contributed by atoms with van der Waals surface area (Å²) in [6.45, 7) is 10.2. The van der Waals surface area contributed by atoms with Gasteiger partial charge in [0.15, 0.2) is 5.65 Å². The predicted octanol–water partition coefficient (Wildman–Crippen LogP) is 2.81. The van der Waals surface area contributed by atoms with Crippen LogP contribution in [-0.2, 0) is 11.3 Å². The van der Waals surface area contributed by atoms with Crippen LogP contribution in [0, 0.1) is 0 Å². The lowest BCUT2D eigenvalue weighted by molar-refractivity contribution is 0.0392. The molecule has 0 aliphatic carbocycles. The van der Waals surface area contributed by atoms with E-state index in [-0.39, 0.29) is 0 Å². The molecule has 10 heteroatoms. The maximum atomic E-state index is 5.47. The van der Waals surface area contributed by atoms with Gasteiger partial charge in [0.25, 0.3) is 0 Å². The zero-order valence-corrected chi connectivity index (χ0v) is 20.6. The molecule has 1 aliphatic heterocycles. The number of nitrogens with zero attached hydrogens (tertiary/aromatic N) is 8. The average molecular weight is 476 g/mol. The van der Waals surface area contributed by atoms with Crippen molar-refractivity contribution in [2.24, 2.45) is 0 Å². The normalized spacial score (nSPS) is 14.6. The first-order valence-corrected chi connectivity index (χ1v) is 12.2. The summed E-state index contributed by atoms with van der Waals surface area (Å²) in [4.78, 5) is 14.3. The van der Waals surface area contributed by atoms with Gasteiger partial charge in [-0.1, -0.05) is 32.0 Å². The SMILES string of the molecule is CC(C)c1cnn2c(NCc3ccccc3-n3cccn3)nc(N(C)CCN3CCOCC3)nc12. The molecule has 35 heavy (non-hydrogen) atoms. The highest BCUT2D eigenvalue weighted by atomic mass is 16.5. The molecule has 1 saturated heterocycles. The smallest absolute Gasteiger partial charge is 0.230 e. The monoisotopic (exact) mass is 475 g/mol. The Kier molecular flexibility index (Phi) is 6.91. The fourth-order valence-corrected chi connectivity index (χ4v) is 4.26. The van der Waals surface area contributed by atoms with E-state index in [0.29, 0.717) is 24.4 Å². The van der Waals surface area contributed by atoms with Gasteiger partial charge in [-0.15, -0.1) is 0 Å². The minimum Gasteiger partial charge on any atom is -0.379 e. The molecule has 1 aromatic carbocycles. The van der Waals surface area contributed by atoms with E-state index in [2.05, 4.69) is 58.3 Å². The van der Waals surface area contributed by atoms with Crippen molar-refractivity contribution in [1.82, 2.24) is 34.3 Å². The largest absolute Gasteiger partial charge is 0.379 e. The second-order valence-electron chi connectivity index (χ2n) is 9.15. The molecule has 1 fully saturated rings. The Balaban J connectivity index is 1.41. The maximum absolute atomic E-state index is 5.47. The summed E-state index contributed by atoms with van der Waals surface area (Å²) in [6.07, 6.45) is 5.63. The molecule has 0 radical (unpaired) electrons. The van der Waals surface area contributed by atoms with Crippen LogP contribution in [0.15, 0.2) is 48.9 Å². The van der Waals surface area contributed by atoms with Gasteiger partial charge in [0.1, 0.15) is 0 Å². The van der Waals surface area contributed by atoms with Crippen LogP contribution in [0.1, 0.15) is 30.9 Å². The molecule has 0 atom stereocenters. The third-order valence-electron chi connectivity index (χ3n) is 6.38. The average Bonchev–Trinajstić information content (AvgIpc) is 3.57. The number of anilines is 2. The number of morpholine rings is 1. The lowest BCUT2D eigenvalue weighted by atomic mass is 10.1. The number of nitrogens with one attached hydrogen (secondary N) is 1. The summed E-state index contributed by atoms with van der Waals surface area (Å²) in [6, 6.07) is 10.1. The van der Waals surface area contributed by atoms with Crippen molar-refractivity contribution in [2.75, 3.05) is 56.7 Å². The molecule has 4 heterocycles. The highest BCUT2D eigenvalue weighted by Crippen LogP contribution is 2.24. The fraction of sp³-hybridized carbons (Fsp3) is 0.440. The molecule has 1 aliphatic rings. The Labute approximate surface area is 205 Å². The number of hydrogen-bond donors (Lipinski definition) is 1. The van der Waals surface area contributed by atoms with Gasteiger partial charge in [-0.2, -0.15) is 24.7 Å². The quantitative estimate of drug-likeness (QED) is 0.395. The number of aromatic nitrogens is 6. The van der Waals surface area contributed by atoms with Crippen molar-refractivity contribution < 1.29 is 4.74 Å². The van der Waals surface area contributed by atoms with E-state index in [1.54, 1.807) is 6.20 Å². The molecule has 1 N–H and O–H groups in total. The predicted molar refractivity (Wildman–Crippen MR) is 136 cm³/mol. The Morgan fingerprint density at radius 1 is 1.09 bits per heavy atom. The summed E-state index contributed by atoms with van der Waals surface area (Å²) < 4.78 is 9.16. The van der Waals surface area contributed by atoms with Crippen LogP contribution in [0.3, 0.4) is 0 Å². The molecular formula is C25H33N9O. The molecule has 0 spiro atoms. The summed E-state index contributed by atoms with van der Waals surface area (Å²) in [5.41, 5.74) is 4.09. The van der Waals surface area contributed by atoms with E-state index >= 15 is 0 Å². The first-order valence-electron chi connectivity index (χ1n) is 12.2. The molecule has 0 amide bonds. The molecule has 10 nitrogen and oxygen atoms in total. The molecule has 0 saturated carbocycles. The Hall–Kier alpha value is -3.50. The van der Waals surface area contributed by atoms with Crippen LogP contribution in [0.2, 0.25) is 0 Å². The van der Waals surface area contributed by atoms with E-state index in [1.807, 2.05) is 39.8 Å². The molecule has 0 unspecified atom stereocenters. The van der Waals surface area contributed by atoms with Crippen LogP contribution in [0.4, 0.5) is 11.9 Å². The van der Waals surface area contributed by atoms with E-state index in [0.717, 1.165) is 61.9 Å². The van der Waals surface area contributed by atoms with Gasteiger partial charge in [0.05, 0.1) is 25.1 Å². The standard InChI is InChI=1S/C25H33N9O/c1-19(2)21-18-28-34-23(21)29-25(31(3)11-12-32-13-15-35-16-14-32)30-24(34)26-17-20-7-4-5-8-22(20)33-10-6-9-27-33/h4-10,18-19H,11-17H2,1-3H3,(H,26,29,30). The summed E-state index contributed by atoms with van der Waals surface area (Å²) in [7, 11) is 2.05. The molecule has 5 rings (SSSR count). The van der Waals surface area contributed by atoms with Crippen LogP contribution in [-0.4, -0.2) is 80.7 Å². The van der Waals surface area contributed by atoms with E-state index < -0.39 is 0 Å². The lowest BCUT2D eigenvalue weighted by Gasteiger charge is -2.28. The van der Waals surface area contributed by atoms with E-state index in [1.165, 1.54) is 0 Å². The number of ether oxygens (including phenoxy) is 1. The van der Waals surface area contributed by atoms with Gasteiger partial charge in [-0.3, -0.25) is 4.90 Å². The van der Waals surface area contributed by atoms with Crippen LogP contribution < -0.4 is 10.2 Å². The number of rotatable bonds is 9. The maximum Gasteiger partial charge on any atom is 0.230 e. The first-order chi connectivity index (χ1) is 17.1. The van der Waals surface area contributed by atoms with Crippen molar-refractivity contribution in [3.05, 3.63) is 60.0 Å². The van der Waals surface area contributed by atoms with Crippen molar-refractivity contribution in [3.8, 4) is 5.69 Å². The fourth-order valence-electron chi connectivity index (χ4n) is 4.26. The van der Waals surface area contributed by atoms with Gasteiger partial charge in [0, 0.05) is 57.7 Å². The van der Waals surface area contributed by atoms with Crippen LogP contribution in [0.5, 0.6) is 0 Å². The highest BCUT2D eigenvalue weighted by molar-refractivity contribution is 5.56. The molecule has 3 aromatic heterocycles. The van der Waals surface area contributed by atoms with E-state index in [9.17, 15) is 0 Å². The molecule has 184 valence electrons. The molecular weight excluding hydrogens is 442 g/mol. The number of para-hydroxylation sites is 1. The lowest BCUT2D eigenvalue weighted by Crippen LogP contribution is -2.41. The van der Waals surface area contributed by atoms with Crippen LogP contribution >= 0.6 is 0 Å². The number of benzene rings is 1. The first kappa shape index (κ1) is 23.3. The molecule has 4 aromatic rings. The Bertz CT molecular complexity index is 1250.